The first-order chi connectivity index (χ1) is 12.0. The van der Waals surface area contributed by atoms with Crippen LogP contribution in [0.4, 0.5) is 4.39 Å². The van der Waals surface area contributed by atoms with Crippen LogP contribution in [0.15, 0.2) is 48.5 Å². The Kier molecular flexibility index (Phi) is 7.45. The molecule has 2 aromatic carbocycles. The largest absolute Gasteiger partial charge is 0.493 e. The van der Waals surface area contributed by atoms with Gasteiger partial charge in [0.1, 0.15) is 11.6 Å². The Hall–Kier alpha value is -1.87. The number of aryl methyl sites for hydroxylation is 1. The second-order valence-electron chi connectivity index (χ2n) is 7.01. The van der Waals surface area contributed by atoms with Crippen LogP contribution in [0, 0.1) is 18.7 Å². The minimum absolute atomic E-state index is 0.187. The van der Waals surface area contributed by atoms with Gasteiger partial charge in [-0.1, -0.05) is 37.3 Å². The average molecular weight is 343 g/mol. The highest BCUT2D eigenvalue weighted by atomic mass is 19.1. The first-order valence-electron chi connectivity index (χ1n) is 9.16. The van der Waals surface area contributed by atoms with E-state index in [1.165, 1.54) is 11.6 Å². The number of hydrogen-bond acceptors (Lipinski definition) is 2. The SMILES string of the molecule is CCC(COc1ccc(F)c(C)c1)CN(Cc1ccccc1)C(C)C. The van der Waals surface area contributed by atoms with E-state index in [0.29, 0.717) is 24.1 Å². The van der Waals surface area contributed by atoms with E-state index >= 15 is 0 Å². The van der Waals surface area contributed by atoms with Gasteiger partial charge in [0.05, 0.1) is 6.61 Å². The van der Waals surface area contributed by atoms with Gasteiger partial charge in [-0.05, 0) is 56.5 Å². The minimum atomic E-state index is -0.187. The third kappa shape index (κ3) is 6.17. The molecule has 0 saturated carbocycles. The standard InChI is InChI=1S/C22H30FNO/c1-5-19(16-25-21-11-12-22(23)18(4)13-21)14-24(17(2)3)15-20-9-7-6-8-10-20/h6-13,17,19H,5,14-16H2,1-4H3. The molecule has 0 aliphatic carbocycles. The molecule has 3 heteroatoms. The van der Waals surface area contributed by atoms with E-state index in [1.54, 1.807) is 19.1 Å². The van der Waals surface area contributed by atoms with Crippen molar-refractivity contribution in [2.24, 2.45) is 5.92 Å². The molecule has 136 valence electrons. The molecule has 0 aliphatic heterocycles. The highest BCUT2D eigenvalue weighted by molar-refractivity contribution is 5.28. The van der Waals surface area contributed by atoms with Gasteiger partial charge in [0, 0.05) is 25.0 Å². The minimum Gasteiger partial charge on any atom is -0.493 e. The maximum absolute atomic E-state index is 13.4. The van der Waals surface area contributed by atoms with Gasteiger partial charge in [0.15, 0.2) is 0 Å². The third-order valence-corrected chi connectivity index (χ3v) is 4.64. The third-order valence-electron chi connectivity index (χ3n) is 4.64. The van der Waals surface area contributed by atoms with E-state index in [9.17, 15) is 4.39 Å². The molecule has 0 fully saturated rings. The Morgan fingerprint density at radius 2 is 1.80 bits per heavy atom. The van der Waals surface area contributed by atoms with E-state index in [1.807, 2.05) is 0 Å². The zero-order chi connectivity index (χ0) is 18.2. The van der Waals surface area contributed by atoms with Crippen LogP contribution in [0.1, 0.15) is 38.3 Å². The molecule has 0 bridgehead atoms. The second kappa shape index (κ2) is 9.57. The molecule has 0 saturated heterocycles. The molecule has 0 N–H and O–H groups in total. The number of nitrogens with zero attached hydrogens (tertiary/aromatic N) is 1. The van der Waals surface area contributed by atoms with E-state index in [0.717, 1.165) is 25.3 Å². The molecule has 0 amide bonds. The summed E-state index contributed by atoms with van der Waals surface area (Å²) in [6, 6.07) is 16.0. The fraction of sp³-hybridized carbons (Fsp3) is 0.455. The number of rotatable bonds is 9. The number of hydrogen-bond donors (Lipinski definition) is 0. The molecular weight excluding hydrogens is 313 g/mol. The van der Waals surface area contributed by atoms with E-state index in [-0.39, 0.29) is 5.82 Å². The van der Waals surface area contributed by atoms with Crippen LogP contribution in [-0.4, -0.2) is 24.1 Å². The molecular formula is C22H30FNO. The van der Waals surface area contributed by atoms with Crippen molar-refractivity contribution < 1.29 is 9.13 Å². The van der Waals surface area contributed by atoms with Crippen LogP contribution in [0.2, 0.25) is 0 Å². The summed E-state index contributed by atoms with van der Waals surface area (Å²) < 4.78 is 19.3. The van der Waals surface area contributed by atoms with E-state index in [4.69, 9.17) is 4.74 Å². The molecule has 0 spiro atoms. The summed E-state index contributed by atoms with van der Waals surface area (Å²) >= 11 is 0. The fourth-order valence-corrected chi connectivity index (χ4v) is 2.83. The number of benzene rings is 2. The lowest BCUT2D eigenvalue weighted by Gasteiger charge is -2.30. The molecule has 2 nitrogen and oxygen atoms in total. The highest BCUT2D eigenvalue weighted by Gasteiger charge is 2.17. The molecule has 2 rings (SSSR count). The van der Waals surface area contributed by atoms with Gasteiger partial charge in [-0.25, -0.2) is 4.39 Å². The van der Waals surface area contributed by atoms with Crippen molar-refractivity contribution >= 4 is 0 Å². The van der Waals surface area contributed by atoms with Crippen molar-refractivity contribution in [2.45, 2.75) is 46.7 Å². The Labute approximate surface area is 151 Å². The zero-order valence-electron chi connectivity index (χ0n) is 15.8. The summed E-state index contributed by atoms with van der Waals surface area (Å²) in [5, 5.41) is 0. The number of ether oxygens (including phenoxy) is 1. The summed E-state index contributed by atoms with van der Waals surface area (Å²) in [4.78, 5) is 2.49. The maximum atomic E-state index is 13.4. The summed E-state index contributed by atoms with van der Waals surface area (Å²) in [5.41, 5.74) is 1.96. The normalized spacial score (nSPS) is 12.6. The van der Waals surface area contributed by atoms with Crippen LogP contribution in [-0.2, 0) is 6.54 Å². The topological polar surface area (TPSA) is 12.5 Å². The Balaban J connectivity index is 1.94. The molecule has 0 radical (unpaired) electrons. The lowest BCUT2D eigenvalue weighted by molar-refractivity contribution is 0.141. The van der Waals surface area contributed by atoms with E-state index < -0.39 is 0 Å². The van der Waals surface area contributed by atoms with Gasteiger partial charge in [-0.3, -0.25) is 4.90 Å². The van der Waals surface area contributed by atoms with Gasteiger partial charge >= 0.3 is 0 Å². The molecule has 25 heavy (non-hydrogen) atoms. The van der Waals surface area contributed by atoms with Gasteiger partial charge < -0.3 is 4.74 Å². The molecule has 0 aromatic heterocycles. The first kappa shape index (κ1) is 19.5. The Morgan fingerprint density at radius 1 is 1.08 bits per heavy atom. The molecule has 0 heterocycles. The molecule has 0 aliphatic rings. The summed E-state index contributed by atoms with van der Waals surface area (Å²) in [5.74, 6) is 1.00. The fourth-order valence-electron chi connectivity index (χ4n) is 2.83. The van der Waals surface area contributed by atoms with Crippen LogP contribution in [0.25, 0.3) is 0 Å². The van der Waals surface area contributed by atoms with Crippen molar-refractivity contribution in [3.63, 3.8) is 0 Å². The number of halogens is 1. The van der Waals surface area contributed by atoms with Crippen LogP contribution < -0.4 is 4.74 Å². The average Bonchev–Trinajstić information content (AvgIpc) is 2.61. The predicted octanol–water partition coefficient (Wildman–Crippen LogP) is 5.45. The zero-order valence-corrected chi connectivity index (χ0v) is 15.8. The Morgan fingerprint density at radius 3 is 2.40 bits per heavy atom. The first-order valence-corrected chi connectivity index (χ1v) is 9.16. The molecule has 1 atom stereocenters. The monoisotopic (exact) mass is 343 g/mol. The van der Waals surface area contributed by atoms with E-state index in [2.05, 4.69) is 56.0 Å². The molecule has 2 aromatic rings. The molecule has 1 unspecified atom stereocenters. The highest BCUT2D eigenvalue weighted by Crippen LogP contribution is 2.19. The smallest absolute Gasteiger partial charge is 0.126 e. The van der Waals surface area contributed by atoms with Crippen LogP contribution >= 0.6 is 0 Å². The van der Waals surface area contributed by atoms with Gasteiger partial charge in [-0.15, -0.1) is 0 Å². The second-order valence-corrected chi connectivity index (χ2v) is 7.01. The summed E-state index contributed by atoms with van der Waals surface area (Å²) in [6.45, 7) is 11.0. The quantitative estimate of drug-likeness (QED) is 0.600. The van der Waals surface area contributed by atoms with Crippen LogP contribution in [0.3, 0.4) is 0 Å². The predicted molar refractivity (Wildman–Crippen MR) is 102 cm³/mol. The van der Waals surface area contributed by atoms with Crippen molar-refractivity contribution in [2.75, 3.05) is 13.2 Å². The van der Waals surface area contributed by atoms with Crippen molar-refractivity contribution in [3.05, 3.63) is 65.5 Å². The maximum Gasteiger partial charge on any atom is 0.126 e. The van der Waals surface area contributed by atoms with Crippen LogP contribution in [0.5, 0.6) is 5.75 Å². The van der Waals surface area contributed by atoms with Crippen molar-refractivity contribution in [1.29, 1.82) is 0 Å². The van der Waals surface area contributed by atoms with Gasteiger partial charge in [0.2, 0.25) is 0 Å². The van der Waals surface area contributed by atoms with Crippen molar-refractivity contribution in [3.8, 4) is 5.75 Å². The lowest BCUT2D eigenvalue weighted by atomic mass is 10.1. The van der Waals surface area contributed by atoms with Gasteiger partial charge in [-0.2, -0.15) is 0 Å². The van der Waals surface area contributed by atoms with Crippen molar-refractivity contribution in [1.82, 2.24) is 4.90 Å². The Bertz CT molecular complexity index is 642. The summed E-state index contributed by atoms with van der Waals surface area (Å²) in [6.07, 6.45) is 1.05. The summed E-state index contributed by atoms with van der Waals surface area (Å²) in [7, 11) is 0. The van der Waals surface area contributed by atoms with Gasteiger partial charge in [0.25, 0.3) is 0 Å². The lowest BCUT2D eigenvalue weighted by Crippen LogP contribution is -2.36.